The van der Waals surface area contributed by atoms with Crippen molar-refractivity contribution in [2.75, 3.05) is 11.9 Å². The lowest BCUT2D eigenvalue weighted by Crippen LogP contribution is -2.17. The molecule has 1 atom stereocenters. The van der Waals surface area contributed by atoms with Crippen molar-refractivity contribution in [1.82, 2.24) is 9.78 Å². The number of nitrogens with one attached hydrogen (secondary N) is 1. The first-order valence-electron chi connectivity index (χ1n) is 13.0. The molecule has 1 unspecified atom stereocenters. The molecule has 0 radical (unpaired) electrons. The molecule has 5 rings (SSSR count). The van der Waals surface area contributed by atoms with Crippen LogP contribution in [0, 0.1) is 6.92 Å². The number of hydrogen-bond donors (Lipinski definition) is 2. The topological polar surface area (TPSA) is 107 Å². The van der Waals surface area contributed by atoms with Crippen molar-refractivity contribution < 1.29 is 23.8 Å². The number of ketones is 1. The zero-order valence-electron chi connectivity index (χ0n) is 22.0. The maximum Gasteiger partial charge on any atom is 0.305 e. The number of carboxylic acids is 1. The lowest BCUT2D eigenvalue weighted by Gasteiger charge is -2.21. The van der Waals surface area contributed by atoms with Gasteiger partial charge in [-0.15, -0.1) is 0 Å². The maximum absolute atomic E-state index is 13.2. The van der Waals surface area contributed by atoms with Crippen molar-refractivity contribution in [1.29, 1.82) is 0 Å². The number of carbonyl (C=O) groups is 2. The quantitative estimate of drug-likeness (QED) is 0.178. The van der Waals surface area contributed by atoms with E-state index in [1.165, 1.54) is 0 Å². The molecule has 0 aliphatic heterocycles. The van der Waals surface area contributed by atoms with E-state index >= 15 is 0 Å². The minimum absolute atomic E-state index is 0.134. The number of hydrogen-bond acceptors (Lipinski definition) is 6. The van der Waals surface area contributed by atoms with E-state index in [0.29, 0.717) is 35.7 Å². The van der Waals surface area contributed by atoms with Crippen LogP contribution in [0.2, 0.25) is 0 Å². The highest BCUT2D eigenvalue weighted by Crippen LogP contribution is 2.28. The molecule has 0 spiro atoms. The Hall–Kier alpha value is -5.11. The average Bonchev–Trinajstić information content (AvgIpc) is 3.63. The van der Waals surface area contributed by atoms with Crippen molar-refractivity contribution in [2.24, 2.45) is 0 Å². The SMILES string of the molecule is Cc1cc(-c2ccco2)nn1CCOc1ccc(C(CC(=O)O)Nc2ccccc2C(=O)c2ccccc2)cc1. The maximum atomic E-state index is 13.2. The number of furan rings is 1. The summed E-state index contributed by atoms with van der Waals surface area (Å²) in [5.74, 6) is 0.293. The molecule has 0 bridgehead atoms. The van der Waals surface area contributed by atoms with Crippen LogP contribution >= 0.6 is 0 Å². The molecular weight excluding hydrogens is 506 g/mol. The van der Waals surface area contributed by atoms with Crippen LogP contribution in [0.15, 0.2) is 108 Å². The van der Waals surface area contributed by atoms with E-state index in [1.54, 1.807) is 36.6 Å². The standard InChI is InChI=1S/C32H29N3O5/c1-22-20-29(30-12-7-18-40-30)34-35(22)17-19-39-25-15-13-23(14-16-25)28(21-31(36)37)33-27-11-6-5-10-26(27)32(38)24-8-3-2-4-9-24/h2-16,18,20,28,33H,17,19,21H2,1H3,(H,36,37). The fourth-order valence-electron chi connectivity index (χ4n) is 4.49. The van der Waals surface area contributed by atoms with E-state index in [1.807, 2.05) is 78.3 Å². The first-order chi connectivity index (χ1) is 19.5. The largest absolute Gasteiger partial charge is 0.492 e. The first kappa shape index (κ1) is 26.5. The number of benzene rings is 3. The van der Waals surface area contributed by atoms with Crippen molar-refractivity contribution in [3.63, 3.8) is 0 Å². The number of carbonyl (C=O) groups excluding carboxylic acids is 1. The van der Waals surface area contributed by atoms with Crippen LogP contribution < -0.4 is 10.1 Å². The molecule has 2 heterocycles. The van der Waals surface area contributed by atoms with Gasteiger partial charge >= 0.3 is 5.97 Å². The van der Waals surface area contributed by atoms with Crippen LogP contribution in [0.3, 0.4) is 0 Å². The number of nitrogens with zero attached hydrogens (tertiary/aromatic N) is 2. The summed E-state index contributed by atoms with van der Waals surface area (Å²) in [6.45, 7) is 2.95. The predicted octanol–water partition coefficient (Wildman–Crippen LogP) is 6.39. The van der Waals surface area contributed by atoms with Crippen LogP contribution in [0.25, 0.3) is 11.5 Å². The van der Waals surface area contributed by atoms with Gasteiger partial charge in [-0.1, -0.05) is 54.6 Å². The molecule has 8 heteroatoms. The highest BCUT2D eigenvalue weighted by molar-refractivity contribution is 6.12. The summed E-state index contributed by atoms with van der Waals surface area (Å²) in [4.78, 5) is 24.9. The van der Waals surface area contributed by atoms with Gasteiger partial charge in [-0.2, -0.15) is 5.10 Å². The smallest absolute Gasteiger partial charge is 0.305 e. The summed E-state index contributed by atoms with van der Waals surface area (Å²) >= 11 is 0. The van der Waals surface area contributed by atoms with E-state index in [4.69, 9.17) is 9.15 Å². The Morgan fingerprint density at radius 1 is 0.975 bits per heavy atom. The molecule has 40 heavy (non-hydrogen) atoms. The van der Waals surface area contributed by atoms with E-state index in [9.17, 15) is 14.7 Å². The van der Waals surface area contributed by atoms with Gasteiger partial charge in [0.15, 0.2) is 11.5 Å². The molecule has 0 fully saturated rings. The summed E-state index contributed by atoms with van der Waals surface area (Å²) in [5, 5.41) is 17.5. The minimum atomic E-state index is -0.951. The van der Waals surface area contributed by atoms with E-state index in [-0.39, 0.29) is 12.2 Å². The van der Waals surface area contributed by atoms with Crippen molar-refractivity contribution >= 4 is 17.4 Å². The van der Waals surface area contributed by atoms with Crippen LogP contribution in [-0.4, -0.2) is 33.2 Å². The second-order valence-corrected chi connectivity index (χ2v) is 9.32. The molecule has 0 amide bonds. The number of carboxylic acid groups (broad SMARTS) is 1. The number of anilines is 1. The number of para-hydroxylation sites is 1. The Morgan fingerprint density at radius 2 is 1.73 bits per heavy atom. The van der Waals surface area contributed by atoms with E-state index in [2.05, 4.69) is 10.4 Å². The van der Waals surface area contributed by atoms with Crippen LogP contribution in [-0.2, 0) is 11.3 Å². The lowest BCUT2D eigenvalue weighted by molar-refractivity contribution is -0.137. The Bertz CT molecular complexity index is 1570. The predicted molar refractivity (Wildman–Crippen MR) is 152 cm³/mol. The summed E-state index contributed by atoms with van der Waals surface area (Å²) in [5.41, 5.74) is 4.16. The summed E-state index contributed by atoms with van der Waals surface area (Å²) in [6.07, 6.45) is 1.46. The van der Waals surface area contributed by atoms with E-state index < -0.39 is 12.0 Å². The van der Waals surface area contributed by atoms with Gasteiger partial charge in [-0.05, 0) is 55.0 Å². The van der Waals surface area contributed by atoms with Crippen LogP contribution in [0.5, 0.6) is 5.75 Å². The van der Waals surface area contributed by atoms with Gasteiger partial charge in [0.2, 0.25) is 0 Å². The molecule has 5 aromatic rings. The summed E-state index contributed by atoms with van der Waals surface area (Å²) < 4.78 is 13.2. The van der Waals surface area contributed by atoms with Gasteiger partial charge in [0.1, 0.15) is 18.1 Å². The Labute approximate surface area is 231 Å². The average molecular weight is 536 g/mol. The normalized spacial score (nSPS) is 11.6. The summed E-state index contributed by atoms with van der Waals surface area (Å²) in [7, 11) is 0. The van der Waals surface area contributed by atoms with Crippen LogP contribution in [0.4, 0.5) is 5.69 Å². The molecule has 0 aliphatic carbocycles. The molecular formula is C32H29N3O5. The third kappa shape index (κ3) is 6.30. The van der Waals surface area contributed by atoms with Crippen molar-refractivity contribution in [2.45, 2.75) is 25.9 Å². The van der Waals surface area contributed by atoms with Crippen LogP contribution in [0.1, 0.15) is 39.6 Å². The van der Waals surface area contributed by atoms with Gasteiger partial charge in [0.05, 0.1) is 25.3 Å². The zero-order chi connectivity index (χ0) is 27.9. The summed E-state index contributed by atoms with van der Waals surface area (Å²) in [6, 6.07) is 28.6. The Morgan fingerprint density at radius 3 is 2.45 bits per heavy atom. The molecule has 0 saturated heterocycles. The molecule has 3 aromatic carbocycles. The molecule has 0 aliphatic rings. The molecule has 2 aromatic heterocycles. The fourth-order valence-corrected chi connectivity index (χ4v) is 4.49. The Balaban J connectivity index is 1.26. The lowest BCUT2D eigenvalue weighted by atomic mass is 9.99. The van der Waals surface area contributed by atoms with Gasteiger partial charge in [0, 0.05) is 22.5 Å². The monoisotopic (exact) mass is 535 g/mol. The molecule has 2 N–H and O–H groups in total. The zero-order valence-corrected chi connectivity index (χ0v) is 22.0. The second-order valence-electron chi connectivity index (χ2n) is 9.32. The first-order valence-corrected chi connectivity index (χ1v) is 13.0. The third-order valence-corrected chi connectivity index (χ3v) is 6.53. The van der Waals surface area contributed by atoms with Gasteiger partial charge in [-0.25, -0.2) is 0 Å². The number of aliphatic carboxylic acids is 1. The highest BCUT2D eigenvalue weighted by atomic mass is 16.5. The van der Waals surface area contributed by atoms with Crippen molar-refractivity contribution in [3.8, 4) is 17.2 Å². The second kappa shape index (κ2) is 12.2. The van der Waals surface area contributed by atoms with Gasteiger partial charge in [-0.3, -0.25) is 14.3 Å². The van der Waals surface area contributed by atoms with Gasteiger partial charge in [0.25, 0.3) is 0 Å². The molecule has 202 valence electrons. The molecule has 0 saturated carbocycles. The number of ether oxygens (including phenoxy) is 1. The number of aryl methyl sites for hydroxylation is 1. The fraction of sp³-hybridized carbons (Fsp3) is 0.156. The molecule has 8 nitrogen and oxygen atoms in total. The number of aromatic nitrogens is 2. The minimum Gasteiger partial charge on any atom is -0.492 e. The Kier molecular flexibility index (Phi) is 8.06. The van der Waals surface area contributed by atoms with Crippen molar-refractivity contribution in [3.05, 3.63) is 126 Å². The highest BCUT2D eigenvalue weighted by Gasteiger charge is 2.20. The van der Waals surface area contributed by atoms with Gasteiger partial charge < -0.3 is 19.6 Å². The number of rotatable bonds is 12. The van der Waals surface area contributed by atoms with E-state index in [0.717, 1.165) is 22.7 Å². The third-order valence-electron chi connectivity index (χ3n) is 6.53.